The first-order valence-electron chi connectivity index (χ1n) is 5.10. The molecular formula is C12H16N2O2. The maximum atomic E-state index is 11.5. The van der Waals surface area contributed by atoms with Gasteiger partial charge in [0.2, 0.25) is 11.8 Å². The number of benzene rings is 1. The van der Waals surface area contributed by atoms with Crippen LogP contribution in [0.1, 0.15) is 5.56 Å². The number of nitrogens with one attached hydrogen (secondary N) is 1. The molecule has 86 valence electrons. The molecule has 0 aromatic heterocycles. The molecule has 0 heterocycles. The van der Waals surface area contributed by atoms with E-state index in [1.54, 1.807) is 14.1 Å². The Morgan fingerprint density at radius 1 is 1.19 bits per heavy atom. The zero-order valence-corrected chi connectivity index (χ0v) is 9.56. The lowest BCUT2D eigenvalue weighted by atomic mass is 10.1. The highest BCUT2D eigenvalue weighted by Gasteiger charge is 2.07. The van der Waals surface area contributed by atoms with E-state index in [-0.39, 0.29) is 18.4 Å². The van der Waals surface area contributed by atoms with Crippen molar-refractivity contribution in [3.8, 4) is 0 Å². The molecule has 4 heteroatoms. The molecule has 1 aromatic rings. The van der Waals surface area contributed by atoms with Gasteiger partial charge in [-0.3, -0.25) is 9.59 Å². The maximum Gasteiger partial charge on any atom is 0.241 e. The Kier molecular flexibility index (Phi) is 4.51. The highest BCUT2D eigenvalue weighted by Crippen LogP contribution is 1.98. The fourth-order valence-corrected chi connectivity index (χ4v) is 1.18. The first-order chi connectivity index (χ1) is 7.59. The predicted octanol–water partition coefficient (Wildman–Crippen LogP) is 0.434. The molecule has 0 atom stereocenters. The van der Waals surface area contributed by atoms with Crippen molar-refractivity contribution < 1.29 is 9.59 Å². The normalized spacial score (nSPS) is 9.62. The summed E-state index contributed by atoms with van der Waals surface area (Å²) in [4.78, 5) is 24.1. The van der Waals surface area contributed by atoms with Crippen molar-refractivity contribution in [1.29, 1.82) is 0 Å². The Morgan fingerprint density at radius 3 is 2.38 bits per heavy atom. The number of carbonyl (C=O) groups excluding carboxylic acids is 2. The number of nitrogens with zero attached hydrogens (tertiary/aromatic N) is 1. The lowest BCUT2D eigenvalue weighted by molar-refractivity contribution is -0.130. The second-order valence-electron chi connectivity index (χ2n) is 3.73. The molecule has 0 saturated heterocycles. The predicted molar refractivity (Wildman–Crippen MR) is 61.8 cm³/mol. The Balaban J connectivity index is 2.35. The zero-order chi connectivity index (χ0) is 12.0. The van der Waals surface area contributed by atoms with Gasteiger partial charge in [-0.2, -0.15) is 0 Å². The Morgan fingerprint density at radius 2 is 1.81 bits per heavy atom. The Hall–Kier alpha value is -1.84. The van der Waals surface area contributed by atoms with Crippen LogP contribution in [-0.2, 0) is 16.0 Å². The van der Waals surface area contributed by atoms with Crippen molar-refractivity contribution in [2.45, 2.75) is 6.42 Å². The van der Waals surface area contributed by atoms with Gasteiger partial charge in [0.15, 0.2) is 0 Å². The molecule has 1 aromatic carbocycles. The zero-order valence-electron chi connectivity index (χ0n) is 9.56. The lowest BCUT2D eigenvalue weighted by Crippen LogP contribution is -2.36. The third-order valence-electron chi connectivity index (χ3n) is 2.14. The fourth-order valence-electron chi connectivity index (χ4n) is 1.18. The smallest absolute Gasteiger partial charge is 0.241 e. The quantitative estimate of drug-likeness (QED) is 0.800. The minimum Gasteiger partial charge on any atom is -0.347 e. The molecule has 16 heavy (non-hydrogen) atoms. The summed E-state index contributed by atoms with van der Waals surface area (Å²) in [5.41, 5.74) is 0.942. The van der Waals surface area contributed by atoms with Crippen LogP contribution in [-0.4, -0.2) is 37.4 Å². The molecule has 1 rings (SSSR count). The van der Waals surface area contributed by atoms with E-state index in [4.69, 9.17) is 0 Å². The summed E-state index contributed by atoms with van der Waals surface area (Å²) in [7, 11) is 3.32. The van der Waals surface area contributed by atoms with Crippen LogP contribution in [0, 0.1) is 0 Å². The van der Waals surface area contributed by atoms with E-state index in [0.717, 1.165) is 5.56 Å². The third-order valence-corrected chi connectivity index (χ3v) is 2.14. The van der Waals surface area contributed by atoms with E-state index >= 15 is 0 Å². The molecule has 1 N–H and O–H groups in total. The summed E-state index contributed by atoms with van der Waals surface area (Å²) in [5, 5.41) is 2.58. The number of rotatable bonds is 4. The average molecular weight is 220 g/mol. The Labute approximate surface area is 95.3 Å². The molecule has 0 aliphatic rings. The first kappa shape index (κ1) is 12.2. The standard InChI is InChI=1S/C12H16N2O2/c1-14(2)12(16)9-13-11(15)8-10-6-4-3-5-7-10/h3-7H,8-9H2,1-2H3,(H,13,15). The molecule has 0 fully saturated rings. The van der Waals surface area contributed by atoms with Crippen molar-refractivity contribution in [2.75, 3.05) is 20.6 Å². The van der Waals surface area contributed by atoms with Gasteiger partial charge in [0, 0.05) is 14.1 Å². The van der Waals surface area contributed by atoms with Crippen LogP contribution in [0.2, 0.25) is 0 Å². The lowest BCUT2D eigenvalue weighted by Gasteiger charge is -2.10. The van der Waals surface area contributed by atoms with Gasteiger partial charge in [0.25, 0.3) is 0 Å². The molecule has 0 aliphatic carbocycles. The molecular weight excluding hydrogens is 204 g/mol. The molecule has 0 bridgehead atoms. The van der Waals surface area contributed by atoms with Crippen LogP contribution in [0.3, 0.4) is 0 Å². The number of carbonyl (C=O) groups is 2. The monoisotopic (exact) mass is 220 g/mol. The molecule has 2 amide bonds. The summed E-state index contributed by atoms with van der Waals surface area (Å²) >= 11 is 0. The van der Waals surface area contributed by atoms with Gasteiger partial charge in [-0.15, -0.1) is 0 Å². The highest BCUT2D eigenvalue weighted by atomic mass is 16.2. The minimum absolute atomic E-state index is 0.0542. The van der Waals surface area contributed by atoms with Crippen molar-refractivity contribution in [3.63, 3.8) is 0 Å². The summed E-state index contributed by atoms with van der Waals surface area (Å²) in [6, 6.07) is 9.43. The van der Waals surface area contributed by atoms with Crippen molar-refractivity contribution >= 4 is 11.8 Å². The van der Waals surface area contributed by atoms with E-state index in [9.17, 15) is 9.59 Å². The first-order valence-corrected chi connectivity index (χ1v) is 5.10. The second kappa shape index (κ2) is 5.90. The van der Waals surface area contributed by atoms with Gasteiger partial charge < -0.3 is 10.2 Å². The molecule has 0 spiro atoms. The summed E-state index contributed by atoms with van der Waals surface area (Å²) < 4.78 is 0. The van der Waals surface area contributed by atoms with Gasteiger partial charge in [-0.1, -0.05) is 30.3 Å². The van der Waals surface area contributed by atoms with Crippen LogP contribution in [0.5, 0.6) is 0 Å². The van der Waals surface area contributed by atoms with E-state index in [2.05, 4.69) is 5.32 Å². The van der Waals surface area contributed by atoms with Crippen LogP contribution in [0.15, 0.2) is 30.3 Å². The van der Waals surface area contributed by atoms with Crippen LogP contribution < -0.4 is 5.32 Å². The summed E-state index contributed by atoms with van der Waals surface area (Å²) in [6.45, 7) is 0.0542. The highest BCUT2D eigenvalue weighted by molar-refractivity contribution is 5.85. The van der Waals surface area contributed by atoms with E-state index in [1.807, 2.05) is 30.3 Å². The number of likely N-dealkylation sites (N-methyl/N-ethyl adjacent to an activating group) is 1. The van der Waals surface area contributed by atoms with E-state index in [0.29, 0.717) is 6.42 Å². The van der Waals surface area contributed by atoms with Crippen molar-refractivity contribution in [3.05, 3.63) is 35.9 Å². The number of hydrogen-bond donors (Lipinski definition) is 1. The average Bonchev–Trinajstić information content (AvgIpc) is 2.27. The summed E-state index contributed by atoms with van der Waals surface area (Å²) in [5.74, 6) is -0.247. The fraction of sp³-hybridized carbons (Fsp3) is 0.333. The molecule has 0 unspecified atom stereocenters. The van der Waals surface area contributed by atoms with Crippen molar-refractivity contribution in [1.82, 2.24) is 10.2 Å². The Bertz CT molecular complexity index is 361. The number of amides is 2. The third kappa shape index (κ3) is 4.13. The molecule has 4 nitrogen and oxygen atoms in total. The minimum atomic E-state index is -0.138. The SMILES string of the molecule is CN(C)C(=O)CNC(=O)Cc1ccccc1. The molecule has 0 saturated carbocycles. The molecule has 0 radical (unpaired) electrons. The van der Waals surface area contributed by atoms with Gasteiger partial charge in [-0.05, 0) is 5.56 Å². The van der Waals surface area contributed by atoms with Gasteiger partial charge in [0.05, 0.1) is 13.0 Å². The van der Waals surface area contributed by atoms with Crippen LogP contribution >= 0.6 is 0 Å². The van der Waals surface area contributed by atoms with Gasteiger partial charge in [-0.25, -0.2) is 0 Å². The molecule has 0 aliphatic heterocycles. The van der Waals surface area contributed by atoms with Gasteiger partial charge in [0.1, 0.15) is 0 Å². The second-order valence-corrected chi connectivity index (χ2v) is 3.73. The maximum absolute atomic E-state index is 11.5. The van der Waals surface area contributed by atoms with E-state index in [1.165, 1.54) is 4.90 Å². The topological polar surface area (TPSA) is 49.4 Å². The van der Waals surface area contributed by atoms with E-state index < -0.39 is 0 Å². The van der Waals surface area contributed by atoms with Crippen LogP contribution in [0.4, 0.5) is 0 Å². The number of hydrogen-bond acceptors (Lipinski definition) is 2. The van der Waals surface area contributed by atoms with Crippen molar-refractivity contribution in [2.24, 2.45) is 0 Å². The van der Waals surface area contributed by atoms with Gasteiger partial charge >= 0.3 is 0 Å². The summed E-state index contributed by atoms with van der Waals surface area (Å²) in [6.07, 6.45) is 0.307. The largest absolute Gasteiger partial charge is 0.347 e. The van der Waals surface area contributed by atoms with Crippen LogP contribution in [0.25, 0.3) is 0 Å².